The summed E-state index contributed by atoms with van der Waals surface area (Å²) in [5.74, 6) is 1.89. The molecule has 1 N–H and O–H groups in total. The SMILES string of the molecule is CCOC1CC(NC(=NC)N2CCC(CN(CC)CC)C2)C12CCCC2. The van der Waals surface area contributed by atoms with Crippen LogP contribution in [0.1, 0.15) is 59.3 Å². The summed E-state index contributed by atoms with van der Waals surface area (Å²) in [6.07, 6.45) is 8.23. The molecule has 1 spiro atoms. The Hall–Kier alpha value is -0.810. The van der Waals surface area contributed by atoms with Crippen molar-refractivity contribution in [2.24, 2.45) is 16.3 Å². The van der Waals surface area contributed by atoms with Crippen LogP contribution in [-0.2, 0) is 4.74 Å². The van der Waals surface area contributed by atoms with Crippen molar-refractivity contribution < 1.29 is 4.74 Å². The number of rotatable bonds is 7. The van der Waals surface area contributed by atoms with Crippen LogP contribution in [0.3, 0.4) is 0 Å². The normalized spacial score (nSPS) is 31.0. The summed E-state index contributed by atoms with van der Waals surface area (Å²) in [4.78, 5) is 9.69. The van der Waals surface area contributed by atoms with Gasteiger partial charge in [-0.3, -0.25) is 4.99 Å². The lowest BCUT2D eigenvalue weighted by Crippen LogP contribution is -2.65. The average molecular weight is 365 g/mol. The first-order valence-corrected chi connectivity index (χ1v) is 11.0. The van der Waals surface area contributed by atoms with Crippen LogP contribution in [0.2, 0.25) is 0 Å². The van der Waals surface area contributed by atoms with Crippen molar-refractivity contribution in [2.75, 3.05) is 46.4 Å². The quantitative estimate of drug-likeness (QED) is 0.557. The van der Waals surface area contributed by atoms with E-state index in [-0.39, 0.29) is 0 Å². The van der Waals surface area contributed by atoms with E-state index in [1.54, 1.807) is 0 Å². The number of nitrogens with zero attached hydrogens (tertiary/aromatic N) is 3. The first-order valence-electron chi connectivity index (χ1n) is 11.0. The maximum Gasteiger partial charge on any atom is 0.193 e. The summed E-state index contributed by atoms with van der Waals surface area (Å²) in [5, 5.41) is 3.85. The third kappa shape index (κ3) is 3.89. The van der Waals surface area contributed by atoms with Gasteiger partial charge in [0.15, 0.2) is 5.96 Å². The minimum atomic E-state index is 0.367. The van der Waals surface area contributed by atoms with Gasteiger partial charge in [-0.25, -0.2) is 0 Å². The van der Waals surface area contributed by atoms with Gasteiger partial charge in [-0.2, -0.15) is 0 Å². The highest BCUT2D eigenvalue weighted by molar-refractivity contribution is 5.80. The monoisotopic (exact) mass is 364 g/mol. The Morgan fingerprint density at radius 1 is 1.23 bits per heavy atom. The molecule has 1 heterocycles. The summed E-state index contributed by atoms with van der Waals surface area (Å²) in [6, 6.07) is 0.544. The number of hydrogen-bond donors (Lipinski definition) is 1. The van der Waals surface area contributed by atoms with E-state index < -0.39 is 0 Å². The molecule has 1 aliphatic heterocycles. The minimum Gasteiger partial charge on any atom is -0.378 e. The van der Waals surface area contributed by atoms with Gasteiger partial charge in [-0.1, -0.05) is 26.7 Å². The molecule has 0 amide bonds. The first-order chi connectivity index (χ1) is 12.7. The Balaban J connectivity index is 1.55. The fraction of sp³-hybridized carbons (Fsp3) is 0.952. The molecule has 2 aliphatic carbocycles. The van der Waals surface area contributed by atoms with E-state index in [2.05, 4.69) is 40.9 Å². The Morgan fingerprint density at radius 3 is 2.58 bits per heavy atom. The fourth-order valence-electron chi connectivity index (χ4n) is 5.56. The summed E-state index contributed by atoms with van der Waals surface area (Å²) in [7, 11) is 1.94. The molecular weight excluding hydrogens is 324 g/mol. The van der Waals surface area contributed by atoms with Gasteiger partial charge in [0.05, 0.1) is 6.10 Å². The average Bonchev–Trinajstić information content (AvgIpc) is 3.33. The van der Waals surface area contributed by atoms with Crippen molar-refractivity contribution in [3.63, 3.8) is 0 Å². The number of hydrogen-bond acceptors (Lipinski definition) is 3. The molecule has 3 fully saturated rings. The second-order valence-electron chi connectivity index (χ2n) is 8.45. The standard InChI is InChI=1S/C21H40N4O/c1-5-24(6-2)15-17-10-13-25(16-17)20(22-4)23-18-14-19(26-7-3)21(18)11-8-9-12-21/h17-19H,5-16H2,1-4H3,(H,22,23). The van der Waals surface area contributed by atoms with Crippen molar-refractivity contribution >= 4 is 5.96 Å². The molecule has 0 aromatic heterocycles. The maximum absolute atomic E-state index is 6.07. The number of ether oxygens (including phenoxy) is 1. The van der Waals surface area contributed by atoms with Crippen LogP contribution in [-0.4, -0.2) is 74.3 Å². The number of guanidine groups is 1. The molecule has 0 bridgehead atoms. The summed E-state index contributed by atoms with van der Waals surface area (Å²) in [6.45, 7) is 13.3. The molecule has 150 valence electrons. The smallest absolute Gasteiger partial charge is 0.193 e. The minimum absolute atomic E-state index is 0.367. The van der Waals surface area contributed by atoms with Crippen LogP contribution < -0.4 is 5.32 Å². The second kappa shape index (κ2) is 8.92. The molecule has 2 saturated carbocycles. The number of likely N-dealkylation sites (tertiary alicyclic amines) is 1. The fourth-order valence-corrected chi connectivity index (χ4v) is 5.56. The van der Waals surface area contributed by atoms with E-state index >= 15 is 0 Å². The Kier molecular flexibility index (Phi) is 6.84. The molecule has 1 saturated heterocycles. The second-order valence-corrected chi connectivity index (χ2v) is 8.45. The van der Waals surface area contributed by atoms with Gasteiger partial charge in [0.25, 0.3) is 0 Å². The van der Waals surface area contributed by atoms with Crippen LogP contribution in [0, 0.1) is 11.3 Å². The number of aliphatic imine (C=N–C) groups is 1. The van der Waals surface area contributed by atoms with Crippen LogP contribution in [0.5, 0.6) is 0 Å². The predicted octanol–water partition coefficient (Wildman–Crippen LogP) is 2.96. The van der Waals surface area contributed by atoms with Crippen molar-refractivity contribution in [3.8, 4) is 0 Å². The molecule has 3 atom stereocenters. The largest absolute Gasteiger partial charge is 0.378 e. The van der Waals surface area contributed by atoms with Gasteiger partial charge in [0, 0.05) is 44.7 Å². The van der Waals surface area contributed by atoms with E-state index in [1.807, 2.05) is 7.05 Å². The Labute approximate surface area is 160 Å². The van der Waals surface area contributed by atoms with Gasteiger partial charge in [0.1, 0.15) is 0 Å². The van der Waals surface area contributed by atoms with Crippen LogP contribution in [0.25, 0.3) is 0 Å². The van der Waals surface area contributed by atoms with Gasteiger partial charge >= 0.3 is 0 Å². The van der Waals surface area contributed by atoms with Gasteiger partial charge < -0.3 is 19.9 Å². The van der Waals surface area contributed by atoms with Gasteiger partial charge in [-0.05, 0) is 51.6 Å². The molecule has 26 heavy (non-hydrogen) atoms. The third-order valence-corrected chi connectivity index (χ3v) is 7.20. The highest BCUT2D eigenvalue weighted by atomic mass is 16.5. The number of nitrogens with one attached hydrogen (secondary N) is 1. The molecule has 3 unspecified atom stereocenters. The Bertz CT molecular complexity index is 471. The zero-order valence-corrected chi connectivity index (χ0v) is 17.5. The summed E-state index contributed by atoms with van der Waals surface area (Å²) in [5.41, 5.74) is 0.367. The van der Waals surface area contributed by atoms with E-state index in [4.69, 9.17) is 4.74 Å². The molecule has 5 heteroatoms. The Morgan fingerprint density at radius 2 is 1.96 bits per heavy atom. The molecule has 3 rings (SSSR count). The lowest BCUT2D eigenvalue weighted by molar-refractivity contribution is -0.126. The highest BCUT2D eigenvalue weighted by Gasteiger charge is 2.57. The van der Waals surface area contributed by atoms with E-state index in [1.165, 1.54) is 38.6 Å². The zero-order chi connectivity index (χ0) is 18.6. The lowest BCUT2D eigenvalue weighted by Gasteiger charge is -2.54. The van der Waals surface area contributed by atoms with Crippen molar-refractivity contribution in [3.05, 3.63) is 0 Å². The zero-order valence-electron chi connectivity index (χ0n) is 17.5. The van der Waals surface area contributed by atoms with Crippen molar-refractivity contribution in [1.29, 1.82) is 0 Å². The molecule has 0 radical (unpaired) electrons. The summed E-state index contributed by atoms with van der Waals surface area (Å²) < 4.78 is 6.07. The molecular formula is C21H40N4O. The van der Waals surface area contributed by atoms with Gasteiger partial charge in [-0.15, -0.1) is 0 Å². The third-order valence-electron chi connectivity index (χ3n) is 7.20. The van der Waals surface area contributed by atoms with E-state index in [9.17, 15) is 0 Å². The van der Waals surface area contributed by atoms with E-state index in [0.29, 0.717) is 17.6 Å². The van der Waals surface area contributed by atoms with Crippen LogP contribution in [0.4, 0.5) is 0 Å². The molecule has 0 aromatic carbocycles. The lowest BCUT2D eigenvalue weighted by atomic mass is 9.60. The highest BCUT2D eigenvalue weighted by Crippen LogP contribution is 2.54. The molecule has 5 nitrogen and oxygen atoms in total. The first kappa shape index (κ1) is 19.9. The van der Waals surface area contributed by atoms with Gasteiger partial charge in [0.2, 0.25) is 0 Å². The predicted molar refractivity (Wildman–Crippen MR) is 109 cm³/mol. The van der Waals surface area contributed by atoms with Crippen LogP contribution >= 0.6 is 0 Å². The summed E-state index contributed by atoms with van der Waals surface area (Å²) >= 11 is 0. The van der Waals surface area contributed by atoms with Crippen molar-refractivity contribution in [1.82, 2.24) is 15.1 Å². The maximum atomic E-state index is 6.07. The topological polar surface area (TPSA) is 40.1 Å². The van der Waals surface area contributed by atoms with Crippen molar-refractivity contribution in [2.45, 2.75) is 71.4 Å². The molecule has 3 aliphatic rings. The molecule has 0 aromatic rings. The van der Waals surface area contributed by atoms with Crippen LogP contribution in [0.15, 0.2) is 4.99 Å². The van der Waals surface area contributed by atoms with E-state index in [0.717, 1.165) is 51.1 Å².